The molecule has 0 aliphatic heterocycles. The number of imidazole rings is 1. The number of rotatable bonds is 2. The fourth-order valence-electron chi connectivity index (χ4n) is 1.53. The van der Waals surface area contributed by atoms with Gasteiger partial charge in [-0.1, -0.05) is 6.07 Å². The molecule has 0 saturated carbocycles. The molecule has 0 bridgehead atoms. The standard InChI is InChI=1S/C11H11F2N3/c1-16-5-4-15-11(16)10(14)7-2-3-8(12)9(13)6-7/h2-6,10H,14H2,1H3/t10-/m0/s1. The van der Waals surface area contributed by atoms with Crippen LogP contribution in [0.4, 0.5) is 8.78 Å². The maximum Gasteiger partial charge on any atom is 0.159 e. The average molecular weight is 223 g/mol. The van der Waals surface area contributed by atoms with E-state index >= 15 is 0 Å². The molecule has 0 fully saturated rings. The Morgan fingerprint density at radius 1 is 1.31 bits per heavy atom. The number of aryl methyl sites for hydroxylation is 1. The molecule has 16 heavy (non-hydrogen) atoms. The van der Waals surface area contributed by atoms with Crippen LogP contribution in [0.25, 0.3) is 0 Å². The van der Waals surface area contributed by atoms with E-state index in [4.69, 9.17) is 5.73 Å². The zero-order chi connectivity index (χ0) is 11.7. The lowest BCUT2D eigenvalue weighted by molar-refractivity contribution is 0.505. The molecule has 1 heterocycles. The van der Waals surface area contributed by atoms with Gasteiger partial charge in [-0.2, -0.15) is 0 Å². The van der Waals surface area contributed by atoms with Crippen molar-refractivity contribution in [1.82, 2.24) is 9.55 Å². The highest BCUT2D eigenvalue weighted by atomic mass is 19.2. The van der Waals surface area contributed by atoms with Crippen LogP contribution >= 0.6 is 0 Å². The molecule has 2 rings (SSSR count). The minimum Gasteiger partial charge on any atom is -0.336 e. The number of halogens is 2. The van der Waals surface area contributed by atoms with Crippen molar-refractivity contribution in [3.63, 3.8) is 0 Å². The summed E-state index contributed by atoms with van der Waals surface area (Å²) in [4.78, 5) is 4.07. The van der Waals surface area contributed by atoms with Crippen LogP contribution in [-0.2, 0) is 7.05 Å². The summed E-state index contributed by atoms with van der Waals surface area (Å²) in [6.07, 6.45) is 3.35. The molecule has 0 saturated heterocycles. The Balaban J connectivity index is 2.38. The molecular formula is C11H11F2N3. The van der Waals surface area contributed by atoms with Crippen LogP contribution in [0.15, 0.2) is 30.6 Å². The van der Waals surface area contributed by atoms with Gasteiger partial charge in [0.1, 0.15) is 5.82 Å². The van der Waals surface area contributed by atoms with Crippen molar-refractivity contribution in [1.29, 1.82) is 0 Å². The Morgan fingerprint density at radius 2 is 2.06 bits per heavy atom. The molecule has 2 N–H and O–H groups in total. The highest BCUT2D eigenvalue weighted by molar-refractivity contribution is 5.26. The minimum absolute atomic E-state index is 0.494. The first-order valence-electron chi connectivity index (χ1n) is 4.77. The first-order chi connectivity index (χ1) is 7.59. The summed E-state index contributed by atoms with van der Waals surface area (Å²) in [5.74, 6) is -1.18. The molecule has 0 unspecified atom stereocenters. The predicted octanol–water partition coefficient (Wildman–Crippen LogP) is 1.75. The van der Waals surface area contributed by atoms with E-state index in [-0.39, 0.29) is 0 Å². The minimum atomic E-state index is -0.901. The van der Waals surface area contributed by atoms with Gasteiger partial charge in [0.25, 0.3) is 0 Å². The van der Waals surface area contributed by atoms with Crippen molar-refractivity contribution in [3.8, 4) is 0 Å². The zero-order valence-corrected chi connectivity index (χ0v) is 8.69. The molecule has 0 amide bonds. The van der Waals surface area contributed by atoms with Crippen molar-refractivity contribution in [2.24, 2.45) is 12.8 Å². The lowest BCUT2D eigenvalue weighted by Crippen LogP contribution is -2.16. The number of aromatic nitrogens is 2. The van der Waals surface area contributed by atoms with Gasteiger partial charge >= 0.3 is 0 Å². The zero-order valence-electron chi connectivity index (χ0n) is 8.69. The van der Waals surface area contributed by atoms with Gasteiger partial charge in [0.05, 0.1) is 6.04 Å². The van der Waals surface area contributed by atoms with E-state index in [1.807, 2.05) is 0 Å². The third-order valence-corrected chi connectivity index (χ3v) is 2.44. The molecule has 2 aromatic rings. The summed E-state index contributed by atoms with van der Waals surface area (Å²) in [5, 5.41) is 0. The van der Waals surface area contributed by atoms with E-state index in [0.717, 1.165) is 12.1 Å². The number of nitrogens with two attached hydrogens (primary N) is 1. The molecule has 0 aliphatic carbocycles. The lowest BCUT2D eigenvalue weighted by Gasteiger charge is -2.12. The fourth-order valence-corrected chi connectivity index (χ4v) is 1.53. The summed E-state index contributed by atoms with van der Waals surface area (Å²) in [6.45, 7) is 0. The van der Waals surface area contributed by atoms with E-state index < -0.39 is 17.7 Å². The van der Waals surface area contributed by atoms with Gasteiger partial charge in [-0.05, 0) is 17.7 Å². The highest BCUT2D eigenvalue weighted by Crippen LogP contribution is 2.19. The molecule has 1 aromatic carbocycles. The molecule has 3 nitrogen and oxygen atoms in total. The van der Waals surface area contributed by atoms with Crippen molar-refractivity contribution in [2.45, 2.75) is 6.04 Å². The van der Waals surface area contributed by atoms with Gasteiger partial charge < -0.3 is 10.3 Å². The Hall–Kier alpha value is -1.75. The summed E-state index contributed by atoms with van der Waals surface area (Å²) in [7, 11) is 1.79. The van der Waals surface area contributed by atoms with E-state index in [0.29, 0.717) is 11.4 Å². The first kappa shape index (κ1) is 10.8. The van der Waals surface area contributed by atoms with E-state index in [9.17, 15) is 8.78 Å². The molecule has 84 valence electrons. The topological polar surface area (TPSA) is 43.8 Å². The average Bonchev–Trinajstić information content (AvgIpc) is 2.67. The van der Waals surface area contributed by atoms with Crippen LogP contribution in [0.1, 0.15) is 17.4 Å². The van der Waals surface area contributed by atoms with Gasteiger partial charge in [-0.3, -0.25) is 0 Å². The number of hydrogen-bond acceptors (Lipinski definition) is 2. The molecule has 0 aliphatic rings. The third-order valence-electron chi connectivity index (χ3n) is 2.44. The second-order valence-corrected chi connectivity index (χ2v) is 3.55. The van der Waals surface area contributed by atoms with Crippen molar-refractivity contribution in [2.75, 3.05) is 0 Å². The van der Waals surface area contributed by atoms with Gasteiger partial charge in [-0.25, -0.2) is 13.8 Å². The second-order valence-electron chi connectivity index (χ2n) is 3.55. The van der Waals surface area contributed by atoms with Gasteiger partial charge in [-0.15, -0.1) is 0 Å². The molecule has 5 heteroatoms. The number of hydrogen-bond donors (Lipinski definition) is 1. The van der Waals surface area contributed by atoms with E-state index in [1.165, 1.54) is 6.07 Å². The Kier molecular flexibility index (Phi) is 2.70. The monoisotopic (exact) mass is 223 g/mol. The van der Waals surface area contributed by atoms with E-state index in [2.05, 4.69) is 4.98 Å². The lowest BCUT2D eigenvalue weighted by atomic mass is 10.1. The van der Waals surface area contributed by atoms with Crippen molar-refractivity contribution in [3.05, 3.63) is 53.6 Å². The first-order valence-corrected chi connectivity index (χ1v) is 4.77. The van der Waals surface area contributed by atoms with Crippen LogP contribution in [0, 0.1) is 11.6 Å². The molecular weight excluding hydrogens is 212 g/mol. The van der Waals surface area contributed by atoms with Crippen molar-refractivity contribution >= 4 is 0 Å². The number of nitrogens with zero attached hydrogens (tertiary/aromatic N) is 2. The predicted molar refractivity (Wildman–Crippen MR) is 55.6 cm³/mol. The maximum atomic E-state index is 13.0. The van der Waals surface area contributed by atoms with Gasteiger partial charge in [0.15, 0.2) is 11.6 Å². The normalized spacial score (nSPS) is 12.8. The van der Waals surface area contributed by atoms with Gasteiger partial charge in [0, 0.05) is 19.4 Å². The molecule has 1 aromatic heterocycles. The summed E-state index contributed by atoms with van der Waals surface area (Å²) < 4.78 is 27.5. The quantitative estimate of drug-likeness (QED) is 0.842. The van der Waals surface area contributed by atoms with Crippen molar-refractivity contribution < 1.29 is 8.78 Å². The van der Waals surface area contributed by atoms with Crippen LogP contribution in [0.2, 0.25) is 0 Å². The highest BCUT2D eigenvalue weighted by Gasteiger charge is 2.15. The summed E-state index contributed by atoms with van der Waals surface area (Å²) in [6, 6.07) is 3.05. The third kappa shape index (κ3) is 1.81. The number of benzene rings is 1. The molecule has 1 atom stereocenters. The van der Waals surface area contributed by atoms with Gasteiger partial charge in [0.2, 0.25) is 0 Å². The SMILES string of the molecule is Cn1ccnc1[C@@H](N)c1ccc(F)c(F)c1. The summed E-state index contributed by atoms with van der Waals surface area (Å²) in [5.41, 5.74) is 6.40. The largest absolute Gasteiger partial charge is 0.336 e. The van der Waals surface area contributed by atoms with Crippen LogP contribution in [0.5, 0.6) is 0 Å². The van der Waals surface area contributed by atoms with Crippen LogP contribution in [0.3, 0.4) is 0 Å². The second kappa shape index (κ2) is 4.02. The van der Waals surface area contributed by atoms with Crippen LogP contribution in [-0.4, -0.2) is 9.55 Å². The maximum absolute atomic E-state index is 13.0. The van der Waals surface area contributed by atoms with E-state index in [1.54, 1.807) is 24.0 Å². The fraction of sp³-hybridized carbons (Fsp3) is 0.182. The smallest absolute Gasteiger partial charge is 0.159 e. The Morgan fingerprint density at radius 3 is 2.62 bits per heavy atom. The Bertz CT molecular complexity index is 508. The van der Waals surface area contributed by atoms with Crippen LogP contribution < -0.4 is 5.73 Å². The summed E-state index contributed by atoms with van der Waals surface area (Å²) >= 11 is 0. The molecule has 0 radical (unpaired) electrons. The molecule has 0 spiro atoms. The Labute approximate surface area is 91.5 Å².